The molecule has 0 radical (unpaired) electrons. The molecule has 1 aromatic rings. The molecule has 0 spiro atoms. The van der Waals surface area contributed by atoms with Crippen molar-refractivity contribution in [3.05, 3.63) is 28.8 Å². The van der Waals surface area contributed by atoms with Crippen LogP contribution in [0.15, 0.2) is 18.2 Å². The van der Waals surface area contributed by atoms with E-state index in [0.717, 1.165) is 0 Å². The van der Waals surface area contributed by atoms with E-state index < -0.39 is 11.6 Å². The van der Waals surface area contributed by atoms with Gasteiger partial charge in [-0.3, -0.25) is 0 Å². The molecule has 0 saturated heterocycles. The normalized spacial score (nSPS) is 11.1. The smallest absolute Gasteiger partial charge is 0.342 e. The summed E-state index contributed by atoms with van der Waals surface area (Å²) in [6.07, 6.45) is 0. The molecule has 0 N–H and O–H groups in total. The topological polar surface area (TPSA) is 35.5 Å². The molecule has 94 valence electrons. The molecule has 4 heteroatoms. The Hall–Kier alpha value is -1.22. The predicted octanol–water partition coefficient (Wildman–Crippen LogP) is 3.69. The Kier molecular flexibility index (Phi) is 4.40. The van der Waals surface area contributed by atoms with Crippen molar-refractivity contribution in [3.8, 4) is 5.75 Å². The first-order valence-corrected chi connectivity index (χ1v) is 5.87. The number of rotatable bonds is 3. The molecule has 0 aromatic heterocycles. The maximum atomic E-state index is 11.9. The summed E-state index contributed by atoms with van der Waals surface area (Å²) in [4.78, 5) is 11.9. The molecule has 17 heavy (non-hydrogen) atoms. The van der Waals surface area contributed by atoms with Crippen LogP contribution in [-0.4, -0.2) is 18.2 Å². The molecule has 0 heterocycles. The SMILES string of the molecule is CCOc1c(Cl)cccc1C(=O)OC(C)(C)C. The monoisotopic (exact) mass is 256 g/mol. The molecule has 0 amide bonds. The average Bonchev–Trinajstić information content (AvgIpc) is 2.18. The number of carbonyl (C=O) groups excluding carboxylic acids is 1. The van der Waals surface area contributed by atoms with E-state index in [1.165, 1.54) is 0 Å². The standard InChI is InChI=1S/C13H17ClO3/c1-5-16-11-9(7-6-8-10(11)14)12(15)17-13(2,3)4/h6-8H,5H2,1-4H3. The average molecular weight is 257 g/mol. The van der Waals surface area contributed by atoms with E-state index in [4.69, 9.17) is 21.1 Å². The van der Waals surface area contributed by atoms with Gasteiger partial charge < -0.3 is 9.47 Å². The molecule has 1 aromatic carbocycles. The Labute approximate surface area is 107 Å². The second-order valence-corrected chi connectivity index (χ2v) is 4.96. The van der Waals surface area contributed by atoms with Crippen molar-refractivity contribution in [2.75, 3.05) is 6.61 Å². The van der Waals surface area contributed by atoms with Crippen molar-refractivity contribution < 1.29 is 14.3 Å². The Morgan fingerprint density at radius 1 is 1.35 bits per heavy atom. The van der Waals surface area contributed by atoms with Crippen molar-refractivity contribution in [2.45, 2.75) is 33.3 Å². The molecular formula is C13H17ClO3. The first kappa shape index (κ1) is 13.8. The molecule has 0 fully saturated rings. The van der Waals surface area contributed by atoms with Gasteiger partial charge >= 0.3 is 5.97 Å². The summed E-state index contributed by atoms with van der Waals surface area (Å²) in [6.45, 7) is 7.73. The highest BCUT2D eigenvalue weighted by Gasteiger charge is 2.22. The van der Waals surface area contributed by atoms with Crippen LogP contribution in [0, 0.1) is 0 Å². The van der Waals surface area contributed by atoms with Gasteiger partial charge in [0.2, 0.25) is 0 Å². The number of halogens is 1. The zero-order chi connectivity index (χ0) is 13.1. The predicted molar refractivity (Wildman–Crippen MR) is 67.8 cm³/mol. The molecule has 0 saturated carbocycles. The van der Waals surface area contributed by atoms with E-state index in [9.17, 15) is 4.79 Å². The lowest BCUT2D eigenvalue weighted by Crippen LogP contribution is -2.24. The summed E-state index contributed by atoms with van der Waals surface area (Å²) in [5, 5.41) is 0.412. The van der Waals surface area contributed by atoms with Crippen molar-refractivity contribution >= 4 is 17.6 Å². The summed E-state index contributed by atoms with van der Waals surface area (Å²) in [5.41, 5.74) is -0.183. The fourth-order valence-corrected chi connectivity index (χ4v) is 1.52. The second kappa shape index (κ2) is 5.41. The summed E-state index contributed by atoms with van der Waals surface area (Å²) in [6, 6.07) is 5.02. The van der Waals surface area contributed by atoms with Crippen LogP contribution in [0.2, 0.25) is 5.02 Å². The third-order valence-electron chi connectivity index (χ3n) is 1.87. The van der Waals surface area contributed by atoms with Gasteiger partial charge in [-0.1, -0.05) is 17.7 Å². The van der Waals surface area contributed by atoms with Crippen molar-refractivity contribution in [2.24, 2.45) is 0 Å². The number of benzene rings is 1. The largest absolute Gasteiger partial charge is 0.491 e. The highest BCUT2D eigenvalue weighted by atomic mass is 35.5. The molecule has 0 aliphatic carbocycles. The molecular weight excluding hydrogens is 240 g/mol. The highest BCUT2D eigenvalue weighted by Crippen LogP contribution is 2.30. The van der Waals surface area contributed by atoms with E-state index in [1.807, 2.05) is 27.7 Å². The molecule has 0 atom stereocenters. The van der Waals surface area contributed by atoms with Crippen LogP contribution in [0.3, 0.4) is 0 Å². The minimum absolute atomic E-state index is 0.356. The summed E-state index contributed by atoms with van der Waals surface area (Å²) >= 11 is 5.99. The van der Waals surface area contributed by atoms with Crippen LogP contribution in [0.1, 0.15) is 38.1 Å². The number of hydrogen-bond donors (Lipinski definition) is 0. The first-order valence-electron chi connectivity index (χ1n) is 5.50. The fourth-order valence-electron chi connectivity index (χ4n) is 1.29. The molecule has 0 aliphatic heterocycles. The molecule has 1 rings (SSSR count). The Morgan fingerprint density at radius 2 is 2.00 bits per heavy atom. The minimum Gasteiger partial charge on any atom is -0.491 e. The lowest BCUT2D eigenvalue weighted by atomic mass is 10.1. The van der Waals surface area contributed by atoms with Gasteiger partial charge in [-0.25, -0.2) is 4.79 Å². The minimum atomic E-state index is -0.539. The number of carbonyl (C=O) groups is 1. The van der Waals surface area contributed by atoms with Crippen molar-refractivity contribution in [1.82, 2.24) is 0 Å². The third kappa shape index (κ3) is 3.93. The maximum Gasteiger partial charge on any atom is 0.342 e. The van der Waals surface area contributed by atoms with Crippen LogP contribution in [-0.2, 0) is 4.74 Å². The third-order valence-corrected chi connectivity index (χ3v) is 2.17. The lowest BCUT2D eigenvalue weighted by molar-refractivity contribution is 0.00660. The number of ether oxygens (including phenoxy) is 2. The number of esters is 1. The first-order chi connectivity index (χ1) is 7.85. The summed E-state index contributed by atoms with van der Waals surface area (Å²) in [5.74, 6) is -0.0469. The van der Waals surface area contributed by atoms with Gasteiger partial charge in [0.25, 0.3) is 0 Å². The number of para-hydroxylation sites is 1. The van der Waals surface area contributed by atoms with Gasteiger partial charge in [0.1, 0.15) is 11.2 Å². The summed E-state index contributed by atoms with van der Waals surface area (Å²) < 4.78 is 10.7. The Balaban J connectivity index is 3.04. The highest BCUT2D eigenvalue weighted by molar-refractivity contribution is 6.32. The van der Waals surface area contributed by atoms with Gasteiger partial charge in [0, 0.05) is 0 Å². The van der Waals surface area contributed by atoms with Crippen LogP contribution in [0.4, 0.5) is 0 Å². The molecule has 0 aliphatic rings. The summed E-state index contributed by atoms with van der Waals surface area (Å²) in [7, 11) is 0. The van der Waals surface area contributed by atoms with Gasteiger partial charge in [-0.05, 0) is 39.8 Å². The molecule has 0 unspecified atom stereocenters. The fraction of sp³-hybridized carbons (Fsp3) is 0.462. The van der Waals surface area contributed by atoms with Crippen LogP contribution < -0.4 is 4.74 Å². The second-order valence-electron chi connectivity index (χ2n) is 4.55. The number of hydrogen-bond acceptors (Lipinski definition) is 3. The van der Waals surface area contributed by atoms with Gasteiger partial charge in [0.15, 0.2) is 5.75 Å². The molecule has 0 bridgehead atoms. The van der Waals surface area contributed by atoms with E-state index in [0.29, 0.717) is 22.9 Å². The van der Waals surface area contributed by atoms with Gasteiger partial charge in [-0.2, -0.15) is 0 Å². The maximum absolute atomic E-state index is 11.9. The van der Waals surface area contributed by atoms with Crippen LogP contribution in [0.25, 0.3) is 0 Å². The quantitative estimate of drug-likeness (QED) is 0.774. The van der Waals surface area contributed by atoms with E-state index in [-0.39, 0.29) is 0 Å². The van der Waals surface area contributed by atoms with Crippen LogP contribution >= 0.6 is 11.6 Å². The van der Waals surface area contributed by atoms with Crippen molar-refractivity contribution in [3.63, 3.8) is 0 Å². The van der Waals surface area contributed by atoms with E-state index >= 15 is 0 Å². The van der Waals surface area contributed by atoms with Crippen molar-refractivity contribution in [1.29, 1.82) is 0 Å². The van der Waals surface area contributed by atoms with Crippen LogP contribution in [0.5, 0.6) is 5.75 Å². The van der Waals surface area contributed by atoms with E-state index in [2.05, 4.69) is 0 Å². The van der Waals surface area contributed by atoms with Gasteiger partial charge in [0.05, 0.1) is 11.6 Å². The lowest BCUT2D eigenvalue weighted by Gasteiger charge is -2.20. The van der Waals surface area contributed by atoms with Gasteiger partial charge in [-0.15, -0.1) is 0 Å². The zero-order valence-corrected chi connectivity index (χ0v) is 11.3. The zero-order valence-electron chi connectivity index (χ0n) is 10.5. The Morgan fingerprint density at radius 3 is 2.53 bits per heavy atom. The molecule has 3 nitrogen and oxygen atoms in total. The van der Waals surface area contributed by atoms with E-state index in [1.54, 1.807) is 18.2 Å². The Bertz CT molecular complexity index is 408.